The molecule has 15 heavy (non-hydrogen) atoms. The quantitative estimate of drug-likeness (QED) is 0.556. The molecular weight excluding hydrogens is 182 g/mol. The SMILES string of the molecule is C=C/C(=C\CC)N(CCC)CCC.CC. The van der Waals surface area contributed by atoms with Crippen LogP contribution >= 0.6 is 0 Å². The number of hydrogen-bond donors (Lipinski definition) is 0. The lowest BCUT2D eigenvalue weighted by Crippen LogP contribution is -2.23. The molecule has 0 aliphatic carbocycles. The summed E-state index contributed by atoms with van der Waals surface area (Å²) in [5.74, 6) is 0. The maximum Gasteiger partial charge on any atom is 0.0319 e. The van der Waals surface area contributed by atoms with Gasteiger partial charge in [-0.15, -0.1) is 0 Å². The third-order valence-electron chi connectivity index (χ3n) is 1.97. The Morgan fingerprint density at radius 3 is 1.80 bits per heavy atom. The Labute approximate surface area is 96.9 Å². The van der Waals surface area contributed by atoms with Gasteiger partial charge in [0, 0.05) is 18.8 Å². The van der Waals surface area contributed by atoms with Crippen molar-refractivity contribution in [3.8, 4) is 0 Å². The summed E-state index contributed by atoms with van der Waals surface area (Å²) in [5, 5.41) is 0. The van der Waals surface area contributed by atoms with Crippen molar-refractivity contribution in [2.24, 2.45) is 0 Å². The van der Waals surface area contributed by atoms with Gasteiger partial charge in [-0.3, -0.25) is 0 Å². The Balaban J connectivity index is 0. The van der Waals surface area contributed by atoms with Gasteiger partial charge in [-0.1, -0.05) is 47.3 Å². The molecule has 0 rings (SSSR count). The fourth-order valence-electron chi connectivity index (χ4n) is 1.46. The van der Waals surface area contributed by atoms with Crippen LogP contribution in [-0.4, -0.2) is 18.0 Å². The minimum absolute atomic E-state index is 1.09. The maximum absolute atomic E-state index is 3.86. The van der Waals surface area contributed by atoms with Crippen molar-refractivity contribution < 1.29 is 0 Å². The van der Waals surface area contributed by atoms with Crippen molar-refractivity contribution in [1.29, 1.82) is 0 Å². The first-order chi connectivity index (χ1) is 7.29. The minimum atomic E-state index is 1.09. The summed E-state index contributed by atoms with van der Waals surface area (Å²) >= 11 is 0. The minimum Gasteiger partial charge on any atom is -0.372 e. The third-order valence-corrected chi connectivity index (χ3v) is 1.97. The number of allylic oxidation sites excluding steroid dienone is 2. The first-order valence-corrected chi connectivity index (χ1v) is 6.37. The van der Waals surface area contributed by atoms with Crippen LogP contribution in [-0.2, 0) is 0 Å². The molecule has 0 N–H and O–H groups in total. The predicted molar refractivity (Wildman–Crippen MR) is 72.1 cm³/mol. The van der Waals surface area contributed by atoms with Crippen molar-refractivity contribution in [2.75, 3.05) is 13.1 Å². The van der Waals surface area contributed by atoms with Crippen LogP contribution in [0.2, 0.25) is 0 Å². The van der Waals surface area contributed by atoms with E-state index in [1.807, 2.05) is 19.9 Å². The van der Waals surface area contributed by atoms with Crippen LogP contribution in [0.1, 0.15) is 53.9 Å². The molecule has 1 nitrogen and oxygen atoms in total. The van der Waals surface area contributed by atoms with Gasteiger partial charge >= 0.3 is 0 Å². The summed E-state index contributed by atoms with van der Waals surface area (Å²) in [6, 6.07) is 0. The monoisotopic (exact) mass is 211 g/mol. The largest absolute Gasteiger partial charge is 0.372 e. The second-order valence-corrected chi connectivity index (χ2v) is 3.23. The van der Waals surface area contributed by atoms with Crippen LogP contribution in [0.3, 0.4) is 0 Å². The highest BCUT2D eigenvalue weighted by Crippen LogP contribution is 2.08. The van der Waals surface area contributed by atoms with Gasteiger partial charge in [0.2, 0.25) is 0 Å². The first-order valence-electron chi connectivity index (χ1n) is 6.37. The van der Waals surface area contributed by atoms with E-state index in [0.717, 1.165) is 19.5 Å². The molecule has 0 bridgehead atoms. The van der Waals surface area contributed by atoms with Crippen LogP contribution in [0.15, 0.2) is 24.4 Å². The number of hydrogen-bond acceptors (Lipinski definition) is 1. The van der Waals surface area contributed by atoms with E-state index >= 15 is 0 Å². The molecule has 0 atom stereocenters. The highest BCUT2D eigenvalue weighted by molar-refractivity contribution is 5.14. The van der Waals surface area contributed by atoms with Crippen molar-refractivity contribution in [3.05, 3.63) is 24.4 Å². The van der Waals surface area contributed by atoms with E-state index in [1.165, 1.54) is 18.5 Å². The lowest BCUT2D eigenvalue weighted by molar-refractivity contribution is 0.353. The van der Waals surface area contributed by atoms with Gasteiger partial charge in [0.15, 0.2) is 0 Å². The van der Waals surface area contributed by atoms with Gasteiger partial charge in [-0.25, -0.2) is 0 Å². The molecular formula is C14H29N. The predicted octanol–water partition coefficient (Wildman–Crippen LogP) is 4.61. The Morgan fingerprint density at radius 1 is 1.07 bits per heavy atom. The molecule has 0 saturated carbocycles. The average molecular weight is 211 g/mol. The van der Waals surface area contributed by atoms with Gasteiger partial charge in [-0.05, 0) is 25.3 Å². The standard InChI is InChI=1S/C12H23N.C2H6/c1-5-9-12(8-4)13(10-6-2)11-7-3;1-2/h8-9H,4-7,10-11H2,1-3H3;1-2H3/b12-9+;. The van der Waals surface area contributed by atoms with E-state index in [0.29, 0.717) is 0 Å². The topological polar surface area (TPSA) is 3.24 Å². The average Bonchev–Trinajstić information content (AvgIpc) is 2.28. The molecule has 0 radical (unpaired) electrons. The van der Waals surface area contributed by atoms with E-state index in [-0.39, 0.29) is 0 Å². The second-order valence-electron chi connectivity index (χ2n) is 3.23. The molecule has 0 aromatic heterocycles. The zero-order chi connectivity index (χ0) is 12.1. The van der Waals surface area contributed by atoms with Crippen molar-refractivity contribution in [2.45, 2.75) is 53.9 Å². The fourth-order valence-corrected chi connectivity index (χ4v) is 1.46. The molecule has 0 spiro atoms. The lowest BCUT2D eigenvalue weighted by Gasteiger charge is -2.24. The van der Waals surface area contributed by atoms with E-state index in [2.05, 4.69) is 38.3 Å². The van der Waals surface area contributed by atoms with Crippen molar-refractivity contribution in [3.63, 3.8) is 0 Å². The molecule has 1 heteroatoms. The van der Waals surface area contributed by atoms with Gasteiger partial charge in [-0.2, -0.15) is 0 Å². The van der Waals surface area contributed by atoms with Crippen LogP contribution in [0.25, 0.3) is 0 Å². The Bertz CT molecular complexity index is 153. The molecule has 0 aliphatic rings. The van der Waals surface area contributed by atoms with E-state index < -0.39 is 0 Å². The number of nitrogens with zero attached hydrogens (tertiary/aromatic N) is 1. The van der Waals surface area contributed by atoms with Gasteiger partial charge in [0.25, 0.3) is 0 Å². The number of rotatable bonds is 7. The molecule has 90 valence electrons. The molecule has 0 aliphatic heterocycles. The van der Waals surface area contributed by atoms with Crippen LogP contribution in [0.5, 0.6) is 0 Å². The summed E-state index contributed by atoms with van der Waals surface area (Å²) in [5.41, 5.74) is 1.30. The normalized spacial score (nSPS) is 10.3. The fraction of sp³-hybridized carbons (Fsp3) is 0.714. The molecule has 0 saturated heterocycles. The van der Waals surface area contributed by atoms with Crippen LogP contribution in [0.4, 0.5) is 0 Å². The molecule has 0 heterocycles. The summed E-state index contributed by atoms with van der Waals surface area (Å²) in [6.45, 7) is 16.7. The Kier molecular flexibility index (Phi) is 14.8. The highest BCUT2D eigenvalue weighted by Gasteiger charge is 2.02. The molecule has 0 aromatic carbocycles. The lowest BCUT2D eigenvalue weighted by atomic mass is 10.2. The first kappa shape index (κ1) is 16.7. The van der Waals surface area contributed by atoms with E-state index in [9.17, 15) is 0 Å². The Hall–Kier alpha value is -0.720. The second kappa shape index (κ2) is 13.3. The van der Waals surface area contributed by atoms with E-state index in [4.69, 9.17) is 0 Å². The van der Waals surface area contributed by atoms with Crippen molar-refractivity contribution in [1.82, 2.24) is 4.90 Å². The van der Waals surface area contributed by atoms with Gasteiger partial charge in [0.1, 0.15) is 0 Å². The van der Waals surface area contributed by atoms with Crippen LogP contribution < -0.4 is 0 Å². The maximum atomic E-state index is 3.86. The van der Waals surface area contributed by atoms with Crippen LogP contribution in [0, 0.1) is 0 Å². The summed E-state index contributed by atoms with van der Waals surface area (Å²) in [4.78, 5) is 2.41. The van der Waals surface area contributed by atoms with Crippen molar-refractivity contribution >= 4 is 0 Å². The molecule has 0 fully saturated rings. The third kappa shape index (κ3) is 8.29. The molecule has 0 aromatic rings. The zero-order valence-corrected chi connectivity index (χ0v) is 11.3. The Morgan fingerprint density at radius 2 is 1.53 bits per heavy atom. The zero-order valence-electron chi connectivity index (χ0n) is 11.3. The van der Waals surface area contributed by atoms with E-state index in [1.54, 1.807) is 0 Å². The molecule has 0 amide bonds. The summed E-state index contributed by atoms with van der Waals surface area (Å²) in [6.07, 6.45) is 7.71. The summed E-state index contributed by atoms with van der Waals surface area (Å²) < 4.78 is 0. The highest BCUT2D eigenvalue weighted by atomic mass is 15.1. The summed E-state index contributed by atoms with van der Waals surface area (Å²) in [7, 11) is 0. The smallest absolute Gasteiger partial charge is 0.0319 e. The molecule has 0 unspecified atom stereocenters. The van der Waals surface area contributed by atoms with Gasteiger partial charge in [0.05, 0.1) is 0 Å². The van der Waals surface area contributed by atoms with Gasteiger partial charge < -0.3 is 4.90 Å².